The van der Waals surface area contributed by atoms with Crippen LogP contribution in [-0.4, -0.2) is 35.5 Å². The topological polar surface area (TPSA) is 42.4 Å². The Kier molecular flexibility index (Phi) is 5.99. The molecule has 0 saturated carbocycles. The van der Waals surface area contributed by atoms with Gasteiger partial charge in [-0.15, -0.1) is 0 Å². The quantitative estimate of drug-likeness (QED) is 0.807. The molecule has 1 aromatic carbocycles. The fraction of sp³-hybridized carbons (Fsp3) is 0.400. The maximum Gasteiger partial charge on any atom is 0.226 e. The molecule has 0 unspecified atom stereocenters. The van der Waals surface area contributed by atoms with E-state index in [1.54, 1.807) is 24.4 Å². The molecular weight excluding hydrogens is 319 g/mol. The Balaban J connectivity index is 1.46. The number of nitrogens with zero attached hydrogens (tertiary/aromatic N) is 2. The number of hydrogen-bond acceptors (Lipinski definition) is 3. The molecule has 25 heavy (non-hydrogen) atoms. The van der Waals surface area contributed by atoms with Crippen LogP contribution < -0.4 is 4.74 Å². The van der Waals surface area contributed by atoms with Crippen LogP contribution in [0, 0.1) is 11.7 Å². The first-order valence-electron chi connectivity index (χ1n) is 8.76. The molecule has 0 spiro atoms. The molecule has 4 nitrogen and oxygen atoms in total. The largest absolute Gasteiger partial charge is 0.490 e. The molecule has 5 heteroatoms. The van der Waals surface area contributed by atoms with Crippen molar-refractivity contribution in [2.75, 3.05) is 19.7 Å². The van der Waals surface area contributed by atoms with Crippen LogP contribution in [0.25, 0.3) is 0 Å². The zero-order valence-corrected chi connectivity index (χ0v) is 14.2. The van der Waals surface area contributed by atoms with E-state index in [1.807, 2.05) is 17.2 Å². The summed E-state index contributed by atoms with van der Waals surface area (Å²) in [5.41, 5.74) is 1.21. The van der Waals surface area contributed by atoms with Gasteiger partial charge in [-0.3, -0.25) is 9.78 Å². The highest BCUT2D eigenvalue weighted by molar-refractivity contribution is 5.76. The van der Waals surface area contributed by atoms with E-state index in [1.165, 1.54) is 11.6 Å². The number of rotatable bonds is 6. The molecule has 0 aliphatic carbocycles. The summed E-state index contributed by atoms with van der Waals surface area (Å²) < 4.78 is 18.9. The fourth-order valence-electron chi connectivity index (χ4n) is 3.28. The summed E-state index contributed by atoms with van der Waals surface area (Å²) in [4.78, 5) is 18.5. The second-order valence-electron chi connectivity index (χ2n) is 6.44. The standard InChI is InChI=1S/C20H23FN2O2/c21-18-7-1-2-8-19(18)25-12-9-20(24)23-11-4-6-17(15-23)13-16-5-3-10-22-14-16/h1-3,5,7-8,10,14,17H,4,6,9,11-13,15H2/t17-/m1/s1. The van der Waals surface area contributed by atoms with Gasteiger partial charge in [0, 0.05) is 25.5 Å². The molecule has 0 N–H and O–H groups in total. The Hall–Kier alpha value is -2.43. The third kappa shape index (κ3) is 5.02. The molecule has 0 radical (unpaired) electrons. The number of para-hydroxylation sites is 1. The number of piperidine rings is 1. The van der Waals surface area contributed by atoms with Crippen molar-refractivity contribution in [3.63, 3.8) is 0 Å². The van der Waals surface area contributed by atoms with Crippen molar-refractivity contribution in [2.45, 2.75) is 25.7 Å². The number of ether oxygens (including phenoxy) is 1. The van der Waals surface area contributed by atoms with Crippen molar-refractivity contribution in [2.24, 2.45) is 5.92 Å². The van der Waals surface area contributed by atoms with E-state index in [4.69, 9.17) is 4.74 Å². The number of aromatic nitrogens is 1. The minimum Gasteiger partial charge on any atom is -0.490 e. The predicted molar refractivity (Wildman–Crippen MR) is 93.8 cm³/mol. The highest BCUT2D eigenvalue weighted by atomic mass is 19.1. The maximum absolute atomic E-state index is 13.5. The van der Waals surface area contributed by atoms with Crippen LogP contribution in [-0.2, 0) is 11.2 Å². The van der Waals surface area contributed by atoms with Crippen LogP contribution >= 0.6 is 0 Å². The minimum absolute atomic E-state index is 0.0761. The predicted octanol–water partition coefficient (Wildman–Crippen LogP) is 3.47. The summed E-state index contributed by atoms with van der Waals surface area (Å²) in [5, 5.41) is 0. The lowest BCUT2D eigenvalue weighted by Gasteiger charge is -2.33. The van der Waals surface area contributed by atoms with Gasteiger partial charge in [0.2, 0.25) is 5.91 Å². The van der Waals surface area contributed by atoms with Crippen molar-refractivity contribution < 1.29 is 13.9 Å². The normalized spacial score (nSPS) is 17.3. The van der Waals surface area contributed by atoms with Gasteiger partial charge >= 0.3 is 0 Å². The van der Waals surface area contributed by atoms with E-state index in [-0.39, 0.29) is 24.7 Å². The van der Waals surface area contributed by atoms with Gasteiger partial charge in [0.15, 0.2) is 11.6 Å². The first kappa shape index (κ1) is 17.4. The fourth-order valence-corrected chi connectivity index (χ4v) is 3.28. The van der Waals surface area contributed by atoms with E-state index >= 15 is 0 Å². The summed E-state index contributed by atoms with van der Waals surface area (Å²) in [5.74, 6) is 0.342. The lowest BCUT2D eigenvalue weighted by Crippen LogP contribution is -2.41. The molecule has 132 valence electrons. The number of likely N-dealkylation sites (tertiary alicyclic amines) is 1. The molecule has 3 rings (SSSR count). The number of carbonyl (C=O) groups is 1. The van der Waals surface area contributed by atoms with Crippen molar-refractivity contribution in [3.05, 3.63) is 60.2 Å². The molecule has 1 amide bonds. The van der Waals surface area contributed by atoms with Crippen molar-refractivity contribution in [1.82, 2.24) is 9.88 Å². The SMILES string of the molecule is O=C(CCOc1ccccc1F)N1CCC[C@H](Cc2cccnc2)C1. The van der Waals surface area contributed by atoms with Crippen LogP contribution in [0.5, 0.6) is 5.75 Å². The Morgan fingerprint density at radius 1 is 1.28 bits per heavy atom. The summed E-state index contributed by atoms with van der Waals surface area (Å²) in [6.07, 6.45) is 7.03. The second kappa shape index (κ2) is 8.60. The van der Waals surface area contributed by atoms with Crippen molar-refractivity contribution in [1.29, 1.82) is 0 Å². The zero-order chi connectivity index (χ0) is 17.5. The van der Waals surface area contributed by atoms with Crippen molar-refractivity contribution >= 4 is 5.91 Å². The highest BCUT2D eigenvalue weighted by Gasteiger charge is 2.23. The molecule has 1 aromatic heterocycles. The average Bonchev–Trinajstić information content (AvgIpc) is 2.64. The summed E-state index contributed by atoms with van der Waals surface area (Å²) >= 11 is 0. The van der Waals surface area contributed by atoms with Crippen LogP contribution in [0.1, 0.15) is 24.8 Å². The molecule has 1 saturated heterocycles. The van der Waals surface area contributed by atoms with Gasteiger partial charge in [-0.2, -0.15) is 0 Å². The van der Waals surface area contributed by atoms with E-state index in [9.17, 15) is 9.18 Å². The van der Waals surface area contributed by atoms with Crippen LogP contribution in [0.2, 0.25) is 0 Å². The number of carbonyl (C=O) groups excluding carboxylic acids is 1. The van der Waals surface area contributed by atoms with E-state index in [2.05, 4.69) is 11.1 Å². The Labute approximate surface area is 147 Å². The summed E-state index contributed by atoms with van der Waals surface area (Å²) in [6, 6.07) is 10.3. The van der Waals surface area contributed by atoms with Crippen LogP contribution in [0.4, 0.5) is 4.39 Å². The maximum atomic E-state index is 13.5. The van der Waals surface area contributed by atoms with E-state index < -0.39 is 5.82 Å². The first-order chi connectivity index (χ1) is 12.2. The van der Waals surface area contributed by atoms with Gasteiger partial charge in [-0.05, 0) is 48.9 Å². The third-order valence-electron chi connectivity index (χ3n) is 4.53. The Bertz CT molecular complexity index is 693. The second-order valence-corrected chi connectivity index (χ2v) is 6.44. The van der Waals surface area contributed by atoms with Crippen LogP contribution in [0.3, 0.4) is 0 Å². The number of benzene rings is 1. The molecule has 2 aromatic rings. The number of hydrogen-bond donors (Lipinski definition) is 0. The summed E-state index contributed by atoms with van der Waals surface area (Å²) in [6.45, 7) is 1.76. The smallest absolute Gasteiger partial charge is 0.226 e. The van der Waals surface area contributed by atoms with Crippen molar-refractivity contribution in [3.8, 4) is 5.75 Å². The molecule has 1 aliphatic rings. The number of halogens is 1. The lowest BCUT2D eigenvalue weighted by atomic mass is 9.92. The van der Waals surface area contributed by atoms with Gasteiger partial charge in [0.25, 0.3) is 0 Å². The van der Waals surface area contributed by atoms with Gasteiger partial charge < -0.3 is 9.64 Å². The van der Waals surface area contributed by atoms with Gasteiger partial charge in [0.1, 0.15) is 0 Å². The minimum atomic E-state index is -0.399. The van der Waals surface area contributed by atoms with E-state index in [0.29, 0.717) is 5.92 Å². The molecule has 1 fully saturated rings. The number of amides is 1. The number of pyridine rings is 1. The summed E-state index contributed by atoms with van der Waals surface area (Å²) in [7, 11) is 0. The molecule has 1 atom stereocenters. The van der Waals surface area contributed by atoms with E-state index in [0.717, 1.165) is 32.4 Å². The first-order valence-corrected chi connectivity index (χ1v) is 8.76. The average molecular weight is 342 g/mol. The Morgan fingerprint density at radius 2 is 2.16 bits per heavy atom. The zero-order valence-electron chi connectivity index (χ0n) is 14.2. The monoisotopic (exact) mass is 342 g/mol. The molecule has 2 heterocycles. The molecule has 0 bridgehead atoms. The lowest BCUT2D eigenvalue weighted by molar-refractivity contribution is -0.133. The third-order valence-corrected chi connectivity index (χ3v) is 4.53. The molecule has 1 aliphatic heterocycles. The van der Waals surface area contributed by atoms with Gasteiger partial charge in [-0.25, -0.2) is 4.39 Å². The molecular formula is C20H23FN2O2. The van der Waals surface area contributed by atoms with Crippen LogP contribution in [0.15, 0.2) is 48.8 Å². The highest BCUT2D eigenvalue weighted by Crippen LogP contribution is 2.21. The van der Waals surface area contributed by atoms with Gasteiger partial charge in [-0.1, -0.05) is 18.2 Å². The van der Waals surface area contributed by atoms with Gasteiger partial charge in [0.05, 0.1) is 13.0 Å². The Morgan fingerprint density at radius 3 is 2.96 bits per heavy atom.